The lowest BCUT2D eigenvalue weighted by molar-refractivity contribution is -0.119. The lowest BCUT2D eigenvalue weighted by atomic mass is 10.0. The van der Waals surface area contributed by atoms with Crippen molar-refractivity contribution >= 4 is 28.7 Å². The van der Waals surface area contributed by atoms with Gasteiger partial charge in [-0.3, -0.25) is 4.79 Å². The number of hydrogen-bond acceptors (Lipinski definition) is 3. The number of carbonyl (C=O) groups is 1. The van der Waals surface area contributed by atoms with Crippen molar-refractivity contribution in [2.45, 2.75) is 51.2 Å². The van der Waals surface area contributed by atoms with E-state index in [0.29, 0.717) is 5.75 Å². The SMILES string of the molecule is CC(C)CCCC(C)NC(=O)CSc1nc2ccccc2n1C. The van der Waals surface area contributed by atoms with Crippen molar-refractivity contribution in [3.8, 4) is 0 Å². The van der Waals surface area contributed by atoms with Crippen molar-refractivity contribution in [1.82, 2.24) is 14.9 Å². The van der Waals surface area contributed by atoms with E-state index < -0.39 is 0 Å². The van der Waals surface area contributed by atoms with Crippen LogP contribution in [0.2, 0.25) is 0 Å². The summed E-state index contributed by atoms with van der Waals surface area (Å²) in [5.41, 5.74) is 2.07. The van der Waals surface area contributed by atoms with Crippen LogP contribution in [0.5, 0.6) is 0 Å². The Kier molecular flexibility index (Phi) is 6.51. The minimum Gasteiger partial charge on any atom is -0.353 e. The van der Waals surface area contributed by atoms with Gasteiger partial charge in [0, 0.05) is 13.1 Å². The highest BCUT2D eigenvalue weighted by atomic mass is 32.2. The van der Waals surface area contributed by atoms with E-state index in [9.17, 15) is 4.79 Å². The van der Waals surface area contributed by atoms with Gasteiger partial charge in [-0.05, 0) is 31.4 Å². The maximum Gasteiger partial charge on any atom is 0.230 e. The van der Waals surface area contributed by atoms with Gasteiger partial charge in [0.2, 0.25) is 5.91 Å². The van der Waals surface area contributed by atoms with Gasteiger partial charge in [-0.25, -0.2) is 4.98 Å². The average Bonchev–Trinajstić information content (AvgIpc) is 2.82. The molecule has 1 heterocycles. The molecule has 0 aliphatic rings. The van der Waals surface area contributed by atoms with Crippen LogP contribution in [0.25, 0.3) is 11.0 Å². The number of aryl methyl sites for hydroxylation is 1. The number of para-hydroxylation sites is 2. The monoisotopic (exact) mass is 333 g/mol. The van der Waals surface area contributed by atoms with E-state index in [4.69, 9.17) is 0 Å². The molecule has 1 atom stereocenters. The Morgan fingerprint density at radius 1 is 1.26 bits per heavy atom. The summed E-state index contributed by atoms with van der Waals surface area (Å²) in [7, 11) is 1.99. The van der Waals surface area contributed by atoms with E-state index in [1.54, 1.807) is 0 Å². The first-order valence-electron chi connectivity index (χ1n) is 8.31. The zero-order valence-corrected chi connectivity index (χ0v) is 15.3. The van der Waals surface area contributed by atoms with Crippen molar-refractivity contribution in [3.05, 3.63) is 24.3 Å². The first kappa shape index (κ1) is 17.9. The molecule has 0 bridgehead atoms. The van der Waals surface area contributed by atoms with Gasteiger partial charge in [0.15, 0.2) is 5.16 Å². The van der Waals surface area contributed by atoms with Crippen molar-refractivity contribution in [1.29, 1.82) is 0 Å². The van der Waals surface area contributed by atoms with Crippen molar-refractivity contribution in [3.63, 3.8) is 0 Å². The number of hydrogen-bond donors (Lipinski definition) is 1. The molecule has 0 saturated heterocycles. The summed E-state index contributed by atoms with van der Waals surface area (Å²) < 4.78 is 2.04. The summed E-state index contributed by atoms with van der Waals surface area (Å²) in [6, 6.07) is 8.26. The van der Waals surface area contributed by atoms with Crippen molar-refractivity contribution in [2.75, 3.05) is 5.75 Å². The molecule has 126 valence electrons. The molecule has 1 N–H and O–H groups in total. The fraction of sp³-hybridized carbons (Fsp3) is 0.556. The van der Waals surface area contributed by atoms with Crippen molar-refractivity contribution < 1.29 is 4.79 Å². The van der Waals surface area contributed by atoms with E-state index >= 15 is 0 Å². The maximum atomic E-state index is 12.1. The molecule has 1 amide bonds. The van der Waals surface area contributed by atoms with E-state index in [2.05, 4.69) is 31.1 Å². The summed E-state index contributed by atoms with van der Waals surface area (Å²) in [6.45, 7) is 6.55. The van der Waals surface area contributed by atoms with Gasteiger partial charge in [-0.15, -0.1) is 0 Å². The molecule has 4 nitrogen and oxygen atoms in total. The summed E-state index contributed by atoms with van der Waals surface area (Å²) in [5.74, 6) is 1.22. The van der Waals surface area contributed by atoms with Crippen LogP contribution in [0.4, 0.5) is 0 Å². The fourth-order valence-electron chi connectivity index (χ4n) is 2.60. The van der Waals surface area contributed by atoms with Crippen LogP contribution in [0.3, 0.4) is 0 Å². The molecular weight excluding hydrogens is 306 g/mol. The molecular formula is C18H27N3OS. The molecule has 23 heavy (non-hydrogen) atoms. The summed E-state index contributed by atoms with van der Waals surface area (Å²) in [6.07, 6.45) is 3.42. The van der Waals surface area contributed by atoms with Gasteiger partial charge in [0.25, 0.3) is 0 Å². The van der Waals surface area contributed by atoms with Crippen LogP contribution < -0.4 is 5.32 Å². The van der Waals surface area contributed by atoms with Gasteiger partial charge >= 0.3 is 0 Å². The van der Waals surface area contributed by atoms with Gasteiger partial charge < -0.3 is 9.88 Å². The van der Waals surface area contributed by atoms with Gasteiger partial charge in [0.1, 0.15) is 0 Å². The van der Waals surface area contributed by atoms with Gasteiger partial charge in [-0.2, -0.15) is 0 Å². The molecule has 0 fully saturated rings. The summed E-state index contributed by atoms with van der Waals surface area (Å²) >= 11 is 1.49. The number of fused-ring (bicyclic) bond motifs is 1. The molecule has 2 rings (SSSR count). The van der Waals surface area contributed by atoms with Crippen LogP contribution in [0.1, 0.15) is 40.0 Å². The molecule has 1 unspecified atom stereocenters. The van der Waals surface area contributed by atoms with Crippen LogP contribution in [0.15, 0.2) is 29.4 Å². The standard InChI is InChI=1S/C18H27N3OS/c1-13(2)8-7-9-14(3)19-17(22)12-23-18-20-15-10-5-6-11-16(15)21(18)4/h5-6,10-11,13-14H,7-9,12H2,1-4H3,(H,19,22). The van der Waals surface area contributed by atoms with Crippen LogP contribution in [-0.2, 0) is 11.8 Å². The number of aromatic nitrogens is 2. The average molecular weight is 334 g/mol. The highest BCUT2D eigenvalue weighted by Crippen LogP contribution is 2.22. The fourth-order valence-corrected chi connectivity index (χ4v) is 3.40. The zero-order chi connectivity index (χ0) is 16.8. The lowest BCUT2D eigenvalue weighted by Crippen LogP contribution is -2.33. The Morgan fingerprint density at radius 3 is 2.70 bits per heavy atom. The zero-order valence-electron chi connectivity index (χ0n) is 14.5. The molecule has 0 aliphatic heterocycles. The Labute approximate surface area is 143 Å². The first-order chi connectivity index (χ1) is 11.0. The predicted molar refractivity (Wildman–Crippen MR) is 97.7 cm³/mol. The quantitative estimate of drug-likeness (QED) is 0.743. The van der Waals surface area contributed by atoms with Crippen LogP contribution >= 0.6 is 11.8 Å². The number of imidazole rings is 1. The number of nitrogens with one attached hydrogen (secondary N) is 1. The summed E-state index contributed by atoms with van der Waals surface area (Å²) in [5, 5.41) is 3.96. The Bertz CT molecular complexity index is 651. The van der Waals surface area contributed by atoms with Crippen LogP contribution in [0, 0.1) is 5.92 Å². The molecule has 0 aliphatic carbocycles. The maximum absolute atomic E-state index is 12.1. The van der Waals surface area contributed by atoms with E-state index in [1.165, 1.54) is 18.2 Å². The Morgan fingerprint density at radius 2 is 2.00 bits per heavy atom. The smallest absolute Gasteiger partial charge is 0.230 e. The number of rotatable bonds is 8. The van der Waals surface area contributed by atoms with Gasteiger partial charge in [0.05, 0.1) is 16.8 Å². The minimum absolute atomic E-state index is 0.0825. The van der Waals surface area contributed by atoms with E-state index in [-0.39, 0.29) is 11.9 Å². The van der Waals surface area contributed by atoms with E-state index in [0.717, 1.165) is 34.9 Å². The second kappa shape index (κ2) is 8.39. The Hall–Kier alpha value is -1.49. The second-order valence-corrected chi connectivity index (χ2v) is 7.47. The molecule has 1 aromatic heterocycles. The third-order valence-electron chi connectivity index (χ3n) is 3.90. The second-order valence-electron chi connectivity index (χ2n) is 6.52. The largest absolute Gasteiger partial charge is 0.353 e. The third-order valence-corrected chi connectivity index (χ3v) is 4.93. The van der Waals surface area contributed by atoms with Crippen molar-refractivity contribution in [2.24, 2.45) is 13.0 Å². The molecule has 0 radical (unpaired) electrons. The third kappa shape index (κ3) is 5.27. The first-order valence-corrected chi connectivity index (χ1v) is 9.29. The molecule has 1 aromatic carbocycles. The van der Waals surface area contributed by atoms with E-state index in [1.807, 2.05) is 35.9 Å². The molecule has 2 aromatic rings. The highest BCUT2D eigenvalue weighted by Gasteiger charge is 2.12. The highest BCUT2D eigenvalue weighted by molar-refractivity contribution is 7.99. The molecule has 0 saturated carbocycles. The normalized spacial score (nSPS) is 12.7. The number of thioether (sulfide) groups is 1. The number of nitrogens with zero attached hydrogens (tertiary/aromatic N) is 2. The lowest BCUT2D eigenvalue weighted by Gasteiger charge is -2.14. The molecule has 5 heteroatoms. The number of carbonyl (C=O) groups excluding carboxylic acids is 1. The van der Waals surface area contributed by atoms with Crippen LogP contribution in [-0.4, -0.2) is 27.3 Å². The number of benzene rings is 1. The number of amides is 1. The molecule has 0 spiro atoms. The van der Waals surface area contributed by atoms with Gasteiger partial charge in [-0.1, -0.05) is 50.6 Å². The summed E-state index contributed by atoms with van der Waals surface area (Å²) in [4.78, 5) is 16.7. The minimum atomic E-state index is 0.0825. The topological polar surface area (TPSA) is 46.9 Å². The Balaban J connectivity index is 1.80. The predicted octanol–water partition coefficient (Wildman–Crippen LogP) is 4.00.